The first-order valence-electron chi connectivity index (χ1n) is 49.7. The van der Waals surface area contributed by atoms with E-state index in [0.29, 0.717) is 0 Å². The zero-order chi connectivity index (χ0) is 108. The van der Waals surface area contributed by atoms with E-state index in [9.17, 15) is 44.4 Å². The maximum atomic E-state index is 11.7. The lowest BCUT2D eigenvalue weighted by Crippen LogP contribution is -2.06. The number of aliphatic carboxylic acids is 5. The smallest absolute Gasteiger partial charge is 0.310 e. The number of rotatable bonds is 15. The lowest BCUT2D eigenvalue weighted by atomic mass is 9.98. The average molecular weight is 1210 g/mol. The van der Waals surface area contributed by atoms with Gasteiger partial charge in [0.05, 0.1) is 122 Å². The number of hydrogen-bond donors (Lipinski definition) is 5. The molecule has 85 heavy (non-hydrogen) atoms. The van der Waals surface area contributed by atoms with E-state index in [4.69, 9.17) is 83.9 Å². The molecule has 10 rings (SSSR count). The Morgan fingerprint density at radius 3 is 0.800 bits per heavy atom. The van der Waals surface area contributed by atoms with Gasteiger partial charge >= 0.3 is 29.8 Å². The van der Waals surface area contributed by atoms with Crippen LogP contribution in [0.3, 0.4) is 0 Å². The Hall–Kier alpha value is -10.2. The molecule has 5 atom stereocenters. The summed E-state index contributed by atoms with van der Waals surface area (Å²) in [4.78, 5) is 57.5. The standard InChI is InChI=1S/5C14H14O3/c5*1-9(14(15)16)10-3-4-12-8-13(17-2)6-5-11(12)7-10/h5*3-9H,1-2H3,(H,15,16)/i1D3,2D3,3D,4D,5D,6D,7D,8D,9D;2D3,3D,4D,5D,6D,7D,8D,9D;1D3,3D,4D,5D,6D,7D,8D,9D;1D3,2D3,3D,4D,5D,6D,7D,8D;2D3,3D,4D,5D,6D,7D,8D. The maximum absolute atomic E-state index is 11.7. The molecular formula is C70H70O15. The number of fused-ring (bicyclic) bond motifs is 5. The largest absolute Gasteiger partial charge is 0.497 e. The van der Waals surface area contributed by atoms with Crippen LogP contribution in [0, 0.1) is 0 Å². The predicted molar refractivity (Wildman–Crippen MR) is 333 cm³/mol. The van der Waals surface area contributed by atoms with Crippen molar-refractivity contribution in [2.24, 2.45) is 0 Å². The van der Waals surface area contributed by atoms with Crippen LogP contribution in [0.25, 0.3) is 53.9 Å². The number of carboxylic acids is 5. The van der Waals surface area contributed by atoms with Crippen molar-refractivity contribution in [1.82, 2.24) is 0 Å². The summed E-state index contributed by atoms with van der Waals surface area (Å²) in [6.07, 6.45) is 0. The minimum atomic E-state index is -3.58. The van der Waals surface area contributed by atoms with Crippen LogP contribution in [0.15, 0.2) is 181 Å². The fourth-order valence-electron chi connectivity index (χ4n) is 5.99. The van der Waals surface area contributed by atoms with Crippen LogP contribution < -0.4 is 23.7 Å². The van der Waals surface area contributed by atoms with Crippen molar-refractivity contribution in [1.29, 1.82) is 0 Å². The van der Waals surface area contributed by atoms with E-state index in [1.165, 1.54) is 6.92 Å². The molecule has 15 nitrogen and oxygen atoms in total. The first-order valence-corrected chi connectivity index (χ1v) is 22.7. The van der Waals surface area contributed by atoms with Gasteiger partial charge in [-0.25, -0.2) is 0 Å². The molecule has 0 bridgehead atoms. The van der Waals surface area contributed by atoms with Gasteiger partial charge in [0.15, 0.2) is 0 Å². The fourth-order valence-corrected chi connectivity index (χ4v) is 5.99. The van der Waals surface area contributed by atoms with Gasteiger partial charge in [0.1, 0.15) is 28.7 Å². The number of methoxy groups -OCH3 is 5. The molecular weight excluding hydrogens is 1080 g/mol. The Morgan fingerprint density at radius 2 is 0.553 bits per heavy atom. The molecule has 10 aromatic rings. The topological polar surface area (TPSA) is 233 Å². The molecule has 440 valence electrons. The van der Waals surface area contributed by atoms with Crippen molar-refractivity contribution in [3.63, 3.8) is 0 Å². The normalized spacial score (nSPS) is 23.6. The van der Waals surface area contributed by atoms with Gasteiger partial charge in [-0.05, 0) is 177 Å². The molecule has 0 fully saturated rings. The molecule has 10 aromatic carbocycles. The van der Waals surface area contributed by atoms with Crippen LogP contribution in [0.1, 0.15) is 166 Å². The monoisotopic (exact) mass is 1200 g/mol. The number of hydrogen-bond acceptors (Lipinski definition) is 10. The number of carbonyl (C=O) groups is 5. The summed E-state index contributed by atoms with van der Waals surface area (Å²) in [5.74, 6) is -26.1. The van der Waals surface area contributed by atoms with Crippen LogP contribution in [-0.4, -0.2) is 90.6 Å². The van der Waals surface area contributed by atoms with E-state index in [2.05, 4.69) is 18.9 Å². The van der Waals surface area contributed by atoms with Crippen LogP contribution in [0.4, 0.5) is 0 Å². The van der Waals surface area contributed by atoms with Crippen molar-refractivity contribution < 1.29 is 147 Å². The van der Waals surface area contributed by atoms with Crippen molar-refractivity contribution in [3.8, 4) is 28.7 Å². The van der Waals surface area contributed by atoms with Crippen LogP contribution in [0.5, 0.6) is 28.7 Å². The first-order chi connectivity index (χ1) is 62.5. The Labute approximate surface area is 569 Å². The second kappa shape index (κ2) is 29.7. The summed E-state index contributed by atoms with van der Waals surface area (Å²) in [6.45, 7) is -8.13. The van der Waals surface area contributed by atoms with E-state index >= 15 is 0 Å². The molecule has 0 aliphatic heterocycles. The van der Waals surface area contributed by atoms with E-state index in [-0.39, 0.29) is 16.7 Å². The molecule has 0 aliphatic rings. The third-order valence-corrected chi connectivity index (χ3v) is 10.4. The highest BCUT2D eigenvalue weighted by Crippen LogP contribution is 2.30. The lowest BCUT2D eigenvalue weighted by Gasteiger charge is -2.08. The van der Waals surface area contributed by atoms with E-state index in [1.807, 2.05) is 0 Å². The van der Waals surface area contributed by atoms with Gasteiger partial charge in [-0.1, -0.05) is 121 Å². The van der Waals surface area contributed by atoms with Crippen LogP contribution >= 0.6 is 0 Å². The van der Waals surface area contributed by atoms with E-state index in [0.717, 1.165) is 14.0 Å². The molecule has 15 heteroatoms. The van der Waals surface area contributed by atoms with Gasteiger partial charge < -0.3 is 49.2 Å². The molecule has 0 amide bonds. The second-order valence-electron chi connectivity index (χ2n) is 15.8. The molecule has 5 N–H and O–H groups in total. The van der Waals surface area contributed by atoms with Crippen molar-refractivity contribution >= 4 is 83.7 Å². The SMILES string of the molecule is [2H]c1c(C(C(=O)O)C([2H])([2H])[2H])c([2H])c2c([2H])c([2H])c(OC([2H])([2H])[2H])c([2H])c2c1[2H].[2H]c1c(C(C)C(=O)O)c([2H])c2c([2H])c([2H])c(OC([2H])([2H])[2H])c([2H])c2c1[2H].[2H]c1c(C([2H])(C(=O)O)C([2H])([2H])[2H])c([2H])c2c([2H])c([2H])c(OC([2H])([2H])[2H])c([2H])c2c1[2H].[2H]c1c(C([2H])(C(=O)O)C([2H])([2H])[2H])c([2H])c2c([2H])c([2H])c(OC)c([2H])c2c1[2H].[2H]c1c(C([2H])(C)C(=O)O)c([2H])c2c([2H])c([2H])c(OC([2H])([2H])[2H])c([2H])c2c1[2H]. The summed E-state index contributed by atoms with van der Waals surface area (Å²) in [5.41, 5.74) is -4.13. The van der Waals surface area contributed by atoms with Gasteiger partial charge in [-0.15, -0.1) is 0 Å². The molecule has 0 spiro atoms. The minimum absolute atomic E-state index is 0.313. The summed E-state index contributed by atoms with van der Waals surface area (Å²) in [6, 6.07) is -24.8. The van der Waals surface area contributed by atoms with Gasteiger partial charge in [-0.3, -0.25) is 24.0 Å². The van der Waals surface area contributed by atoms with E-state index < -0.39 is 383 Å². The fraction of sp³-hybridized carbons (Fsp3) is 0.214. The number of benzene rings is 10. The summed E-state index contributed by atoms with van der Waals surface area (Å²) >= 11 is 0. The molecule has 0 radical (unpaired) electrons. The maximum Gasteiger partial charge on any atom is 0.310 e. The molecule has 0 saturated heterocycles. The first kappa shape index (κ1) is 22.8. The van der Waals surface area contributed by atoms with Crippen molar-refractivity contribution in [3.05, 3.63) is 209 Å². The lowest BCUT2D eigenvalue weighted by molar-refractivity contribution is -0.139. The van der Waals surface area contributed by atoms with Gasteiger partial charge in [0, 0.05) is 16.4 Å². The highest BCUT2D eigenvalue weighted by Gasteiger charge is 2.18. The molecule has 0 heterocycles. The summed E-state index contributed by atoms with van der Waals surface area (Å²) in [7, 11) is -11.1. The Bertz CT molecular complexity index is 6770. The number of ether oxygens (including phenoxy) is 5. The molecule has 0 aromatic heterocycles. The summed E-state index contributed by atoms with van der Waals surface area (Å²) < 4.78 is 441. The minimum Gasteiger partial charge on any atom is -0.497 e. The van der Waals surface area contributed by atoms with Gasteiger partial charge in [0.2, 0.25) is 0 Å². The Kier molecular flexibility index (Phi) is 7.96. The van der Waals surface area contributed by atoms with E-state index in [1.54, 1.807) is 0 Å². The van der Waals surface area contributed by atoms with Crippen LogP contribution in [0.2, 0.25) is 0 Å². The Balaban J connectivity index is 0.000000267. The number of carboxylic acid groups (broad SMARTS) is 5. The highest BCUT2D eigenvalue weighted by molar-refractivity contribution is 5.90. The zero-order valence-electron chi connectivity index (χ0n) is 97.0. The summed E-state index contributed by atoms with van der Waals surface area (Å²) in [5, 5.41) is 41.2. The van der Waals surface area contributed by atoms with Crippen molar-refractivity contribution in [2.45, 2.75) is 63.9 Å². The zero-order valence-corrected chi connectivity index (χ0v) is 43.0. The van der Waals surface area contributed by atoms with Gasteiger partial charge in [0.25, 0.3) is 0 Å². The van der Waals surface area contributed by atoms with Crippen LogP contribution in [-0.2, 0) is 24.0 Å². The third kappa shape index (κ3) is 17.0. The van der Waals surface area contributed by atoms with Crippen molar-refractivity contribution in [2.75, 3.05) is 35.3 Å². The second-order valence-corrected chi connectivity index (χ2v) is 15.8. The highest BCUT2D eigenvalue weighted by atomic mass is 16.5. The molecule has 0 aliphatic carbocycles. The quantitative estimate of drug-likeness (QED) is 0.0642. The molecule has 0 saturated carbocycles. The third-order valence-electron chi connectivity index (χ3n) is 10.4. The Morgan fingerprint density at radius 1 is 0.318 bits per heavy atom. The molecule has 5 unspecified atom stereocenters. The average Bonchev–Trinajstić information content (AvgIpc) is 0.714. The predicted octanol–water partition coefficient (Wildman–Crippen LogP) is 15.2. The van der Waals surface area contributed by atoms with Gasteiger partial charge in [-0.2, -0.15) is 0 Å².